The molecule has 1 amide bonds. The minimum atomic E-state index is -4.89. The van der Waals surface area contributed by atoms with E-state index in [1.165, 1.54) is 51.5 Å². The van der Waals surface area contributed by atoms with Crippen LogP contribution in [0.25, 0.3) is 6.08 Å². The number of carbonyl (C=O) groups excluding carboxylic acids is 2. The Labute approximate surface area is 246 Å². The van der Waals surface area contributed by atoms with E-state index in [1.807, 2.05) is 0 Å². The predicted octanol–water partition coefficient (Wildman–Crippen LogP) is 4.34. The first-order valence-corrected chi connectivity index (χ1v) is 14.0. The molecule has 0 atom stereocenters. The SMILES string of the molecule is COc1cc(N/N=C2\C(=O)c3ccc(NC(C)=O)cc3C=C2S(=O)(=O)O)c(OC)cc1/N=N/c1ccc(OCCO)cc1. The normalized spacial score (nSPS) is 13.8. The maximum atomic E-state index is 13.3. The Hall–Kier alpha value is -5.12. The predicted molar refractivity (Wildman–Crippen MR) is 158 cm³/mol. The number of amides is 1. The van der Waals surface area contributed by atoms with E-state index in [2.05, 4.69) is 26.1 Å². The highest BCUT2D eigenvalue weighted by Gasteiger charge is 2.33. The molecule has 4 rings (SSSR count). The standard InChI is InChI=1S/C28H27N5O9S/c1-16(35)29-19-6-9-21-17(12-19)13-26(43(37,38)39)27(28(21)36)33-32-23-15-24(40-2)22(14-25(23)41-3)31-30-18-4-7-20(8-5-18)42-11-10-34/h4-9,12-15,32,34H,10-11H2,1-3H3,(H,29,35)(H,37,38,39)/b31-30+,33-27-. The van der Waals surface area contributed by atoms with Gasteiger partial charge in [0.25, 0.3) is 10.1 Å². The summed E-state index contributed by atoms with van der Waals surface area (Å²) in [4.78, 5) is 23.9. The molecule has 0 spiro atoms. The minimum Gasteiger partial charge on any atom is -0.494 e. The first-order chi connectivity index (χ1) is 20.5. The topological polar surface area (TPSA) is 198 Å². The number of hydrogen-bond donors (Lipinski definition) is 4. The van der Waals surface area contributed by atoms with Crippen molar-refractivity contribution in [3.05, 3.63) is 70.6 Å². The molecule has 1 aliphatic rings. The smallest absolute Gasteiger partial charge is 0.296 e. The van der Waals surface area contributed by atoms with E-state index in [0.717, 1.165) is 6.08 Å². The number of nitrogens with one attached hydrogen (secondary N) is 2. The number of allylic oxidation sites excluding steroid dienone is 1. The lowest BCUT2D eigenvalue weighted by atomic mass is 9.94. The molecule has 0 saturated heterocycles. The van der Waals surface area contributed by atoms with Crippen LogP contribution >= 0.6 is 0 Å². The molecule has 15 heteroatoms. The van der Waals surface area contributed by atoms with Gasteiger partial charge in [-0.3, -0.25) is 19.6 Å². The third-order valence-corrected chi connectivity index (χ3v) is 6.76. The second kappa shape index (κ2) is 13.2. The maximum absolute atomic E-state index is 13.3. The average molecular weight is 610 g/mol. The van der Waals surface area contributed by atoms with E-state index in [9.17, 15) is 22.6 Å². The zero-order valence-electron chi connectivity index (χ0n) is 23.2. The Kier molecular flexibility index (Phi) is 9.49. The van der Waals surface area contributed by atoms with Gasteiger partial charge in [-0.1, -0.05) is 0 Å². The Morgan fingerprint density at radius 1 is 0.977 bits per heavy atom. The molecule has 224 valence electrons. The average Bonchev–Trinajstić information content (AvgIpc) is 2.97. The van der Waals surface area contributed by atoms with Gasteiger partial charge in [0.15, 0.2) is 5.71 Å². The van der Waals surface area contributed by atoms with E-state index in [4.69, 9.17) is 19.3 Å². The molecule has 0 radical (unpaired) electrons. The van der Waals surface area contributed by atoms with Crippen molar-refractivity contribution in [3.8, 4) is 17.2 Å². The number of benzene rings is 3. The van der Waals surface area contributed by atoms with E-state index in [0.29, 0.717) is 17.1 Å². The van der Waals surface area contributed by atoms with Crippen molar-refractivity contribution in [3.63, 3.8) is 0 Å². The Morgan fingerprint density at radius 3 is 2.33 bits per heavy atom. The monoisotopic (exact) mass is 609 g/mol. The van der Waals surface area contributed by atoms with Gasteiger partial charge in [-0.2, -0.15) is 18.6 Å². The summed E-state index contributed by atoms with van der Waals surface area (Å²) in [5.74, 6) is -0.134. The third kappa shape index (κ3) is 7.40. The number of aliphatic hydroxyl groups excluding tert-OH is 1. The number of nitrogens with zero attached hydrogens (tertiary/aromatic N) is 3. The second-order valence-corrected chi connectivity index (χ2v) is 10.2. The lowest BCUT2D eigenvalue weighted by Crippen LogP contribution is -2.27. The van der Waals surface area contributed by atoms with Crippen LogP contribution in [0.4, 0.5) is 22.7 Å². The van der Waals surface area contributed by atoms with E-state index in [-0.39, 0.29) is 53.1 Å². The summed E-state index contributed by atoms with van der Waals surface area (Å²) in [6, 6.07) is 14.0. The summed E-state index contributed by atoms with van der Waals surface area (Å²) < 4.78 is 50.5. The lowest BCUT2D eigenvalue weighted by molar-refractivity contribution is -0.114. The van der Waals surface area contributed by atoms with Crippen molar-refractivity contribution in [2.75, 3.05) is 38.2 Å². The molecule has 0 aromatic heterocycles. The lowest BCUT2D eigenvalue weighted by Gasteiger charge is -2.18. The van der Waals surface area contributed by atoms with Gasteiger partial charge in [0.05, 0.1) is 26.5 Å². The van der Waals surface area contributed by atoms with Gasteiger partial charge in [-0.15, -0.1) is 5.11 Å². The van der Waals surface area contributed by atoms with Gasteiger partial charge in [0.1, 0.15) is 40.1 Å². The molecule has 4 N–H and O–H groups in total. The summed E-state index contributed by atoms with van der Waals surface area (Å²) in [6.45, 7) is 1.36. The number of rotatable bonds is 11. The van der Waals surface area contributed by atoms with Crippen molar-refractivity contribution >= 4 is 56.3 Å². The number of azo groups is 1. The van der Waals surface area contributed by atoms with E-state index >= 15 is 0 Å². The van der Waals surface area contributed by atoms with Gasteiger partial charge in [0.2, 0.25) is 11.7 Å². The largest absolute Gasteiger partial charge is 0.494 e. The summed E-state index contributed by atoms with van der Waals surface area (Å²) in [6.07, 6.45) is 1.09. The third-order valence-electron chi connectivity index (χ3n) is 5.89. The van der Waals surface area contributed by atoms with Gasteiger partial charge < -0.3 is 24.6 Å². The van der Waals surface area contributed by atoms with Crippen LogP contribution < -0.4 is 25.0 Å². The molecule has 3 aromatic rings. The summed E-state index contributed by atoms with van der Waals surface area (Å²) in [5, 5.41) is 23.8. The van der Waals surface area contributed by atoms with Crippen LogP contribution in [0.5, 0.6) is 17.2 Å². The zero-order chi connectivity index (χ0) is 31.1. The molecule has 1 aliphatic carbocycles. The minimum absolute atomic E-state index is 0.106. The number of hydrogen-bond acceptors (Lipinski definition) is 12. The fourth-order valence-electron chi connectivity index (χ4n) is 3.97. The first-order valence-electron chi connectivity index (χ1n) is 12.5. The summed E-state index contributed by atoms with van der Waals surface area (Å²) in [7, 11) is -2.11. The molecule has 43 heavy (non-hydrogen) atoms. The van der Waals surface area contributed by atoms with Crippen molar-refractivity contribution in [2.24, 2.45) is 15.3 Å². The Morgan fingerprint density at radius 2 is 1.70 bits per heavy atom. The number of hydrazone groups is 1. The quantitative estimate of drug-likeness (QED) is 0.138. The number of aliphatic hydroxyl groups is 1. The second-order valence-electron chi connectivity index (χ2n) is 8.86. The number of methoxy groups -OCH3 is 2. The van der Waals surface area contributed by atoms with Gasteiger partial charge in [0, 0.05) is 30.3 Å². The molecule has 0 saturated carbocycles. The van der Waals surface area contributed by atoms with Gasteiger partial charge in [-0.25, -0.2) is 0 Å². The molecular formula is C28H27N5O9S. The number of ether oxygens (including phenoxy) is 3. The van der Waals surface area contributed by atoms with Crippen LogP contribution in [-0.2, 0) is 14.9 Å². The molecule has 0 bridgehead atoms. The molecule has 0 aliphatic heterocycles. The van der Waals surface area contributed by atoms with Crippen molar-refractivity contribution in [1.82, 2.24) is 0 Å². The number of carbonyl (C=O) groups is 2. The van der Waals surface area contributed by atoms with Crippen LogP contribution in [0.1, 0.15) is 22.8 Å². The van der Waals surface area contributed by atoms with Crippen molar-refractivity contribution < 1.29 is 41.9 Å². The molecule has 14 nitrogen and oxygen atoms in total. The highest BCUT2D eigenvalue weighted by molar-refractivity contribution is 7.91. The fraction of sp³-hybridized carbons (Fsp3) is 0.179. The van der Waals surface area contributed by atoms with Crippen LogP contribution in [-0.4, -0.2) is 62.9 Å². The maximum Gasteiger partial charge on any atom is 0.296 e. The highest BCUT2D eigenvalue weighted by Crippen LogP contribution is 2.39. The molecule has 3 aromatic carbocycles. The molecule has 0 heterocycles. The molecular weight excluding hydrogens is 582 g/mol. The Balaban J connectivity index is 1.65. The number of anilines is 2. The summed E-state index contributed by atoms with van der Waals surface area (Å²) >= 11 is 0. The number of Topliss-reactive ketones (excluding diaryl/α,β-unsaturated/α-hetero) is 1. The van der Waals surface area contributed by atoms with Crippen LogP contribution in [0.3, 0.4) is 0 Å². The number of fused-ring (bicyclic) bond motifs is 1. The fourth-order valence-corrected chi connectivity index (χ4v) is 4.63. The molecule has 0 fully saturated rings. The highest BCUT2D eigenvalue weighted by atomic mass is 32.2. The van der Waals surface area contributed by atoms with E-state index in [1.54, 1.807) is 24.3 Å². The van der Waals surface area contributed by atoms with Crippen molar-refractivity contribution in [1.29, 1.82) is 0 Å². The van der Waals surface area contributed by atoms with Crippen LogP contribution in [0.15, 0.2) is 74.8 Å². The molecule has 0 unspecified atom stereocenters. The van der Waals surface area contributed by atoms with Gasteiger partial charge in [-0.05, 0) is 54.1 Å². The van der Waals surface area contributed by atoms with E-state index < -0.39 is 26.5 Å². The van der Waals surface area contributed by atoms with Gasteiger partial charge >= 0.3 is 0 Å². The number of ketones is 1. The zero-order valence-corrected chi connectivity index (χ0v) is 24.0. The van der Waals surface area contributed by atoms with Crippen molar-refractivity contribution in [2.45, 2.75) is 6.92 Å². The van der Waals surface area contributed by atoms with Crippen LogP contribution in [0.2, 0.25) is 0 Å². The van der Waals surface area contributed by atoms with Crippen LogP contribution in [0, 0.1) is 0 Å². The Bertz CT molecular complexity index is 1750. The first kappa shape index (κ1) is 30.8. The summed E-state index contributed by atoms with van der Waals surface area (Å²) in [5.41, 5.74) is 3.64.